The molecule has 0 unspecified atom stereocenters. The molecule has 0 spiro atoms. The predicted octanol–water partition coefficient (Wildman–Crippen LogP) is 1.96. The molecule has 0 saturated carbocycles. The summed E-state index contributed by atoms with van der Waals surface area (Å²) in [5.41, 5.74) is 5.61. The van der Waals surface area contributed by atoms with E-state index in [1.807, 2.05) is 0 Å². The fourth-order valence-electron chi connectivity index (χ4n) is 1.57. The molecule has 0 atom stereocenters. The minimum Gasteiger partial charge on any atom is -0.365 e. The van der Waals surface area contributed by atoms with Crippen LogP contribution >= 0.6 is 11.3 Å². The van der Waals surface area contributed by atoms with Crippen LogP contribution in [0, 0.1) is 6.92 Å². The molecule has 0 bridgehead atoms. The molecular weight excluding hydrogens is 284 g/mol. The second-order valence-electron chi connectivity index (χ2n) is 3.87. The number of hydrogen-bond donors (Lipinski definition) is 2. The van der Waals surface area contributed by atoms with Crippen LogP contribution in [0.5, 0.6) is 0 Å². The van der Waals surface area contributed by atoms with Crippen LogP contribution in [0.2, 0.25) is 0 Å². The van der Waals surface area contributed by atoms with Gasteiger partial charge in [-0.15, -0.1) is 11.3 Å². The highest BCUT2D eigenvalue weighted by molar-refractivity contribution is 7.93. The summed E-state index contributed by atoms with van der Waals surface area (Å²) in [6.45, 7) is 1.64. The molecule has 1 heterocycles. The number of nitrogens with one attached hydrogen (secondary N) is 1. The van der Waals surface area contributed by atoms with Gasteiger partial charge in [0.2, 0.25) is 0 Å². The van der Waals surface area contributed by atoms with E-state index >= 15 is 0 Å². The van der Waals surface area contributed by atoms with Crippen molar-refractivity contribution in [3.8, 4) is 0 Å². The number of nitrogens with two attached hydrogens (primary N) is 1. The molecule has 2 rings (SSSR count). The van der Waals surface area contributed by atoms with Crippen LogP contribution in [0.3, 0.4) is 0 Å². The van der Waals surface area contributed by atoms with Crippen LogP contribution in [0.4, 0.5) is 5.69 Å². The number of rotatable bonds is 4. The zero-order valence-electron chi connectivity index (χ0n) is 10.1. The molecule has 0 aliphatic carbocycles. The van der Waals surface area contributed by atoms with Gasteiger partial charge in [-0.25, -0.2) is 8.42 Å². The monoisotopic (exact) mass is 296 g/mol. The maximum Gasteiger partial charge on any atom is 0.263 e. The van der Waals surface area contributed by atoms with Crippen molar-refractivity contribution in [3.63, 3.8) is 0 Å². The van der Waals surface area contributed by atoms with Crippen molar-refractivity contribution in [3.05, 3.63) is 46.2 Å². The van der Waals surface area contributed by atoms with Gasteiger partial charge in [0.05, 0.1) is 4.88 Å². The fraction of sp³-hybridized carbons (Fsp3) is 0.0833. The van der Waals surface area contributed by atoms with Gasteiger partial charge < -0.3 is 5.73 Å². The van der Waals surface area contributed by atoms with Gasteiger partial charge in [0.1, 0.15) is 4.90 Å². The normalized spacial score (nSPS) is 11.2. The molecule has 1 aromatic carbocycles. The largest absolute Gasteiger partial charge is 0.365 e. The first-order valence-corrected chi connectivity index (χ1v) is 7.68. The third-order valence-electron chi connectivity index (χ3n) is 2.43. The first-order valence-electron chi connectivity index (χ1n) is 5.38. The fourth-order valence-corrected chi connectivity index (χ4v) is 4.07. The third-order valence-corrected chi connectivity index (χ3v) is 5.13. The van der Waals surface area contributed by atoms with Crippen LogP contribution in [0.15, 0.2) is 41.3 Å². The smallest absolute Gasteiger partial charge is 0.263 e. The Hall–Kier alpha value is -1.86. The van der Waals surface area contributed by atoms with Crippen LogP contribution < -0.4 is 10.5 Å². The summed E-state index contributed by atoms with van der Waals surface area (Å²) in [6.07, 6.45) is 0. The van der Waals surface area contributed by atoms with Crippen molar-refractivity contribution in [1.82, 2.24) is 0 Å². The number of carbonyl (C=O) groups is 1. The average Bonchev–Trinajstić information content (AvgIpc) is 2.73. The van der Waals surface area contributed by atoms with E-state index in [0.717, 1.165) is 11.3 Å². The van der Waals surface area contributed by atoms with E-state index in [1.54, 1.807) is 37.3 Å². The molecule has 3 N–H and O–H groups in total. The van der Waals surface area contributed by atoms with Crippen LogP contribution in [-0.2, 0) is 10.0 Å². The lowest BCUT2D eigenvalue weighted by Gasteiger charge is -2.06. The van der Waals surface area contributed by atoms with E-state index in [4.69, 9.17) is 5.73 Å². The van der Waals surface area contributed by atoms with E-state index in [1.165, 1.54) is 6.07 Å². The standard InChI is InChI=1S/C12H12N2O3S2/c1-8-11(7-10(18-8)12(13)15)19(16,17)14-9-5-3-2-4-6-9/h2-7,14H,1H3,(H2,13,15). The highest BCUT2D eigenvalue weighted by atomic mass is 32.2. The SMILES string of the molecule is Cc1sc(C(N)=O)cc1S(=O)(=O)Nc1ccccc1. The van der Waals surface area contributed by atoms with Crippen molar-refractivity contribution in [2.75, 3.05) is 4.72 Å². The molecule has 1 amide bonds. The minimum absolute atomic E-state index is 0.0788. The molecule has 0 aliphatic rings. The van der Waals surface area contributed by atoms with E-state index in [9.17, 15) is 13.2 Å². The molecule has 7 heteroatoms. The number of hydrogen-bond acceptors (Lipinski definition) is 4. The average molecular weight is 296 g/mol. The number of amides is 1. The van der Waals surface area contributed by atoms with Gasteiger partial charge >= 0.3 is 0 Å². The number of benzene rings is 1. The van der Waals surface area contributed by atoms with Gasteiger partial charge in [-0.05, 0) is 25.1 Å². The van der Waals surface area contributed by atoms with Gasteiger partial charge in [-0.3, -0.25) is 9.52 Å². The summed E-state index contributed by atoms with van der Waals surface area (Å²) in [4.78, 5) is 11.9. The van der Waals surface area contributed by atoms with E-state index < -0.39 is 15.9 Å². The molecule has 2 aromatic rings. The Balaban J connectivity index is 2.37. The predicted molar refractivity (Wildman–Crippen MR) is 74.8 cm³/mol. The molecule has 100 valence electrons. The van der Waals surface area contributed by atoms with Gasteiger partial charge in [-0.2, -0.15) is 0 Å². The van der Waals surface area contributed by atoms with Crippen molar-refractivity contribution < 1.29 is 13.2 Å². The first-order chi connectivity index (χ1) is 8.90. The second-order valence-corrected chi connectivity index (χ2v) is 6.77. The summed E-state index contributed by atoms with van der Waals surface area (Å²) >= 11 is 1.07. The highest BCUT2D eigenvalue weighted by Crippen LogP contribution is 2.27. The van der Waals surface area contributed by atoms with Crippen molar-refractivity contribution in [2.45, 2.75) is 11.8 Å². The van der Waals surface area contributed by atoms with E-state index in [-0.39, 0.29) is 9.77 Å². The van der Waals surface area contributed by atoms with E-state index in [0.29, 0.717) is 10.6 Å². The summed E-state index contributed by atoms with van der Waals surface area (Å²) in [6, 6.07) is 9.84. The summed E-state index contributed by atoms with van der Waals surface area (Å²) in [5, 5.41) is 0. The zero-order valence-corrected chi connectivity index (χ0v) is 11.7. The van der Waals surface area contributed by atoms with Crippen LogP contribution in [-0.4, -0.2) is 14.3 Å². The number of anilines is 1. The van der Waals surface area contributed by atoms with Gasteiger partial charge in [0, 0.05) is 10.6 Å². The maximum absolute atomic E-state index is 12.2. The van der Waals surface area contributed by atoms with E-state index in [2.05, 4.69) is 4.72 Å². The lowest BCUT2D eigenvalue weighted by molar-refractivity contribution is 0.100. The molecule has 0 saturated heterocycles. The van der Waals surface area contributed by atoms with Crippen molar-refractivity contribution >= 4 is 33.0 Å². The minimum atomic E-state index is -3.70. The molecule has 0 aliphatic heterocycles. The number of thiophene rings is 1. The number of sulfonamides is 1. The molecular formula is C12H12N2O3S2. The summed E-state index contributed by atoms with van der Waals surface area (Å²) < 4.78 is 26.9. The van der Waals surface area contributed by atoms with Crippen LogP contribution in [0.1, 0.15) is 14.5 Å². The molecule has 0 radical (unpaired) electrons. The Morgan fingerprint density at radius 2 is 1.89 bits per heavy atom. The zero-order chi connectivity index (χ0) is 14.0. The van der Waals surface area contributed by atoms with Gasteiger partial charge in [-0.1, -0.05) is 18.2 Å². The molecule has 19 heavy (non-hydrogen) atoms. The van der Waals surface area contributed by atoms with Gasteiger partial charge in [0.15, 0.2) is 0 Å². The summed E-state index contributed by atoms with van der Waals surface area (Å²) in [7, 11) is -3.70. The maximum atomic E-state index is 12.2. The Morgan fingerprint density at radius 3 is 2.42 bits per heavy atom. The molecule has 0 fully saturated rings. The molecule has 5 nitrogen and oxygen atoms in total. The van der Waals surface area contributed by atoms with Crippen LogP contribution in [0.25, 0.3) is 0 Å². The number of aryl methyl sites for hydroxylation is 1. The Kier molecular flexibility index (Phi) is 3.59. The summed E-state index contributed by atoms with van der Waals surface area (Å²) in [5.74, 6) is -0.630. The number of para-hydroxylation sites is 1. The van der Waals surface area contributed by atoms with Crippen molar-refractivity contribution in [1.29, 1.82) is 0 Å². The Labute approximate surface area is 115 Å². The topological polar surface area (TPSA) is 89.3 Å². The quantitative estimate of drug-likeness (QED) is 0.903. The highest BCUT2D eigenvalue weighted by Gasteiger charge is 2.21. The van der Waals surface area contributed by atoms with Gasteiger partial charge in [0.25, 0.3) is 15.9 Å². The third kappa shape index (κ3) is 2.94. The van der Waals surface area contributed by atoms with Crippen molar-refractivity contribution in [2.24, 2.45) is 5.73 Å². The Morgan fingerprint density at radius 1 is 1.26 bits per heavy atom. The lowest BCUT2D eigenvalue weighted by atomic mass is 10.3. The number of carbonyl (C=O) groups excluding carboxylic acids is 1. The lowest BCUT2D eigenvalue weighted by Crippen LogP contribution is -2.13. The second kappa shape index (κ2) is 5.02. The first kappa shape index (κ1) is 13.6. The number of primary amides is 1. The Bertz CT molecular complexity index is 706. The molecule has 1 aromatic heterocycles.